The van der Waals surface area contributed by atoms with Gasteiger partial charge in [-0.3, -0.25) is 4.79 Å². The summed E-state index contributed by atoms with van der Waals surface area (Å²) in [6.07, 6.45) is 4.31. The number of benzene rings is 3. The number of amides is 1. The van der Waals surface area contributed by atoms with Crippen LogP contribution in [0.25, 0.3) is 0 Å². The fourth-order valence-corrected chi connectivity index (χ4v) is 5.26. The Balaban J connectivity index is 1.46. The molecule has 0 bridgehead atoms. The summed E-state index contributed by atoms with van der Waals surface area (Å²) >= 11 is 0. The molecule has 32 heavy (non-hydrogen) atoms. The highest BCUT2D eigenvalue weighted by molar-refractivity contribution is 5.91. The minimum atomic E-state index is -0.804. The maximum Gasteiger partial charge on any atom is 0.232 e. The molecule has 1 heterocycles. The summed E-state index contributed by atoms with van der Waals surface area (Å²) in [6.45, 7) is 2.93. The normalized spacial score (nSPS) is 16.8. The summed E-state index contributed by atoms with van der Waals surface area (Å²) in [5.41, 5.74) is 15.3. The van der Waals surface area contributed by atoms with E-state index < -0.39 is 5.41 Å². The quantitative estimate of drug-likeness (QED) is 0.393. The number of hydrogen-bond donors (Lipinski definition) is 2. The van der Waals surface area contributed by atoms with Crippen molar-refractivity contribution in [2.24, 2.45) is 11.7 Å². The van der Waals surface area contributed by atoms with Gasteiger partial charge in [0.2, 0.25) is 5.91 Å². The maximum atomic E-state index is 13.2. The summed E-state index contributed by atoms with van der Waals surface area (Å²) in [6, 6.07) is 28.3. The molecule has 0 radical (unpaired) electrons. The Morgan fingerprint density at radius 3 is 2.03 bits per heavy atom. The summed E-state index contributed by atoms with van der Waals surface area (Å²) in [5.74, 6) is -0.105. The van der Waals surface area contributed by atoms with Gasteiger partial charge in [0.15, 0.2) is 0 Å². The Morgan fingerprint density at radius 1 is 0.875 bits per heavy atom. The van der Waals surface area contributed by atoms with Gasteiger partial charge < -0.3 is 16.4 Å². The third-order valence-corrected chi connectivity index (χ3v) is 6.90. The largest absolute Gasteiger partial charge is 0.399 e. The lowest BCUT2D eigenvalue weighted by atomic mass is 9.64. The molecule has 4 rings (SSSR count). The highest BCUT2D eigenvalue weighted by Crippen LogP contribution is 2.43. The predicted octanol–water partition coefficient (Wildman–Crippen LogP) is 4.39. The van der Waals surface area contributed by atoms with Crippen molar-refractivity contribution in [2.75, 3.05) is 25.4 Å². The second kappa shape index (κ2) is 10.0. The molecule has 1 amide bonds. The number of aryl methyl sites for hydroxylation is 1. The van der Waals surface area contributed by atoms with Crippen molar-refractivity contribution >= 4 is 11.6 Å². The molecule has 3 aromatic carbocycles. The highest BCUT2D eigenvalue weighted by atomic mass is 16.1. The highest BCUT2D eigenvalue weighted by Gasteiger charge is 2.49. The van der Waals surface area contributed by atoms with Gasteiger partial charge in [-0.2, -0.15) is 0 Å². The molecule has 1 atom stereocenters. The van der Waals surface area contributed by atoms with Crippen LogP contribution in [-0.2, 0) is 16.6 Å². The molecule has 1 aliphatic rings. The molecular formula is C28H33N3O. The van der Waals surface area contributed by atoms with Gasteiger partial charge in [-0.05, 0) is 73.5 Å². The van der Waals surface area contributed by atoms with Crippen LogP contribution in [0.4, 0.5) is 5.69 Å². The van der Waals surface area contributed by atoms with Gasteiger partial charge >= 0.3 is 0 Å². The van der Waals surface area contributed by atoms with Crippen molar-refractivity contribution in [2.45, 2.75) is 31.1 Å². The SMILES string of the molecule is NC(=O)C(c1ccccc1)(c1ccccc1)C1CCN(CCCCc2ccc(N)cc2)C1. The van der Waals surface area contributed by atoms with E-state index in [2.05, 4.69) is 17.0 Å². The van der Waals surface area contributed by atoms with Crippen LogP contribution in [-0.4, -0.2) is 30.4 Å². The predicted molar refractivity (Wildman–Crippen MR) is 131 cm³/mol. The first-order chi connectivity index (χ1) is 15.6. The molecule has 1 aliphatic heterocycles. The lowest BCUT2D eigenvalue weighted by molar-refractivity contribution is -0.123. The summed E-state index contributed by atoms with van der Waals surface area (Å²) in [7, 11) is 0. The molecule has 0 spiro atoms. The lowest BCUT2D eigenvalue weighted by Crippen LogP contribution is -2.49. The van der Waals surface area contributed by atoms with Crippen LogP contribution in [0.3, 0.4) is 0 Å². The zero-order chi connectivity index (χ0) is 22.4. The number of nitrogens with two attached hydrogens (primary N) is 2. The fourth-order valence-electron chi connectivity index (χ4n) is 5.26. The average molecular weight is 428 g/mol. The fraction of sp³-hybridized carbons (Fsp3) is 0.321. The maximum absolute atomic E-state index is 13.2. The number of rotatable bonds is 9. The zero-order valence-corrected chi connectivity index (χ0v) is 18.6. The van der Waals surface area contributed by atoms with Crippen LogP contribution < -0.4 is 11.5 Å². The first-order valence-electron chi connectivity index (χ1n) is 11.6. The molecule has 3 aromatic rings. The third-order valence-electron chi connectivity index (χ3n) is 6.90. The number of likely N-dealkylation sites (tertiary alicyclic amines) is 1. The van der Waals surface area contributed by atoms with E-state index in [1.165, 1.54) is 5.56 Å². The summed E-state index contributed by atoms with van der Waals surface area (Å²) in [4.78, 5) is 15.6. The molecule has 1 saturated heterocycles. The third kappa shape index (κ3) is 4.56. The molecule has 0 aliphatic carbocycles. The first kappa shape index (κ1) is 22.1. The van der Waals surface area contributed by atoms with Crippen molar-refractivity contribution in [3.8, 4) is 0 Å². The number of anilines is 1. The van der Waals surface area contributed by atoms with Gasteiger partial charge in [0, 0.05) is 12.2 Å². The van der Waals surface area contributed by atoms with Crippen LogP contribution in [0.1, 0.15) is 36.0 Å². The van der Waals surface area contributed by atoms with Crippen LogP contribution in [0.2, 0.25) is 0 Å². The summed E-state index contributed by atoms with van der Waals surface area (Å²) < 4.78 is 0. The lowest BCUT2D eigenvalue weighted by Gasteiger charge is -2.37. The van der Waals surface area contributed by atoms with Crippen LogP contribution in [0.5, 0.6) is 0 Å². The number of nitrogen functional groups attached to an aromatic ring is 1. The van der Waals surface area contributed by atoms with Gasteiger partial charge in [0.05, 0.1) is 0 Å². The Bertz CT molecular complexity index is 962. The Morgan fingerprint density at radius 2 is 1.47 bits per heavy atom. The number of carbonyl (C=O) groups is 1. The zero-order valence-electron chi connectivity index (χ0n) is 18.6. The first-order valence-corrected chi connectivity index (χ1v) is 11.6. The molecule has 0 aromatic heterocycles. The second-order valence-electron chi connectivity index (χ2n) is 8.89. The van der Waals surface area contributed by atoms with Crippen molar-refractivity contribution < 1.29 is 4.79 Å². The van der Waals surface area contributed by atoms with E-state index in [4.69, 9.17) is 11.5 Å². The molecule has 4 N–H and O–H groups in total. The van der Waals surface area contributed by atoms with Crippen molar-refractivity contribution in [3.63, 3.8) is 0 Å². The molecular weight excluding hydrogens is 394 g/mol. The number of carbonyl (C=O) groups excluding carboxylic acids is 1. The van der Waals surface area contributed by atoms with E-state index >= 15 is 0 Å². The van der Waals surface area contributed by atoms with Crippen molar-refractivity contribution in [1.29, 1.82) is 0 Å². The van der Waals surface area contributed by atoms with Crippen LogP contribution in [0.15, 0.2) is 84.9 Å². The molecule has 1 fully saturated rings. The Hall–Kier alpha value is -3.11. The molecule has 4 nitrogen and oxygen atoms in total. The number of unbranched alkanes of at least 4 members (excludes halogenated alkanes) is 1. The van der Waals surface area contributed by atoms with Gasteiger partial charge in [-0.1, -0.05) is 72.8 Å². The second-order valence-corrected chi connectivity index (χ2v) is 8.89. The van der Waals surface area contributed by atoms with Gasteiger partial charge in [-0.15, -0.1) is 0 Å². The number of primary amides is 1. The average Bonchev–Trinajstić information content (AvgIpc) is 3.29. The molecule has 0 saturated carbocycles. The standard InChI is InChI=1S/C28H33N3O/c29-26-16-14-22(15-17-26)9-7-8-19-31-20-18-25(21-31)28(27(30)32,23-10-3-1-4-11-23)24-12-5-2-6-13-24/h1-6,10-17,25H,7-9,18-21,29H2,(H2,30,32). The van der Waals surface area contributed by atoms with Crippen molar-refractivity contribution in [3.05, 3.63) is 102 Å². The van der Waals surface area contributed by atoms with Gasteiger partial charge in [-0.25, -0.2) is 0 Å². The minimum absolute atomic E-state index is 0.155. The van der Waals surface area contributed by atoms with Crippen molar-refractivity contribution in [1.82, 2.24) is 4.90 Å². The Kier molecular flexibility index (Phi) is 6.91. The van der Waals surface area contributed by atoms with E-state index in [1.54, 1.807) is 0 Å². The smallest absolute Gasteiger partial charge is 0.232 e. The van der Waals surface area contributed by atoms with E-state index in [0.717, 1.165) is 62.1 Å². The monoisotopic (exact) mass is 427 g/mol. The minimum Gasteiger partial charge on any atom is -0.399 e. The molecule has 1 unspecified atom stereocenters. The van der Waals surface area contributed by atoms with E-state index in [0.29, 0.717) is 0 Å². The number of nitrogens with zero attached hydrogens (tertiary/aromatic N) is 1. The summed E-state index contributed by atoms with van der Waals surface area (Å²) in [5, 5.41) is 0. The van der Waals surface area contributed by atoms with Gasteiger partial charge in [0.1, 0.15) is 5.41 Å². The van der Waals surface area contributed by atoms with Crippen LogP contribution in [0, 0.1) is 5.92 Å². The topological polar surface area (TPSA) is 72.4 Å². The van der Waals surface area contributed by atoms with Gasteiger partial charge in [0.25, 0.3) is 0 Å². The Labute approximate surface area is 191 Å². The number of hydrogen-bond acceptors (Lipinski definition) is 3. The van der Waals surface area contributed by atoms with E-state index in [1.807, 2.05) is 72.8 Å². The molecule has 4 heteroatoms. The van der Waals surface area contributed by atoms with Crippen LogP contribution >= 0.6 is 0 Å². The molecule has 166 valence electrons. The van der Waals surface area contributed by atoms with E-state index in [9.17, 15) is 4.79 Å². The van der Waals surface area contributed by atoms with E-state index in [-0.39, 0.29) is 11.8 Å².